The summed E-state index contributed by atoms with van der Waals surface area (Å²) in [5.74, 6) is 1.44. The first-order valence-electron chi connectivity index (χ1n) is 6.30. The topological polar surface area (TPSA) is 74.6 Å². The maximum Gasteiger partial charge on any atom is 0.166 e. The first-order chi connectivity index (χ1) is 10.3. The summed E-state index contributed by atoms with van der Waals surface area (Å²) in [5, 5.41) is 9.84. The molecule has 0 saturated carbocycles. The molecular weight excluding hydrogens is 284 g/mol. The van der Waals surface area contributed by atoms with Crippen LogP contribution in [0.3, 0.4) is 0 Å². The molecule has 5 nitrogen and oxygen atoms in total. The van der Waals surface area contributed by atoms with Crippen LogP contribution in [0.15, 0.2) is 41.7 Å². The van der Waals surface area contributed by atoms with Crippen LogP contribution in [0, 0.1) is 11.3 Å². The Balaban J connectivity index is 1.81. The summed E-state index contributed by atoms with van der Waals surface area (Å²) in [6.45, 7) is 0. The average molecular weight is 296 g/mol. The Morgan fingerprint density at radius 3 is 3.10 bits per heavy atom. The van der Waals surface area contributed by atoms with E-state index in [9.17, 15) is 0 Å². The van der Waals surface area contributed by atoms with E-state index in [0.717, 1.165) is 27.5 Å². The number of nitrogens with one attached hydrogen (secondary N) is 1. The summed E-state index contributed by atoms with van der Waals surface area (Å²) in [5.41, 5.74) is 3.19. The van der Waals surface area contributed by atoms with Crippen molar-refractivity contribution in [1.82, 2.24) is 15.0 Å². The lowest BCUT2D eigenvalue weighted by molar-refractivity contribution is 0.415. The molecule has 0 unspecified atom stereocenters. The number of rotatable bonds is 4. The Morgan fingerprint density at radius 1 is 1.38 bits per heavy atom. The molecule has 0 aliphatic carbocycles. The van der Waals surface area contributed by atoms with E-state index in [-0.39, 0.29) is 0 Å². The molecule has 0 radical (unpaired) electrons. The fourth-order valence-corrected chi connectivity index (χ4v) is 2.83. The van der Waals surface area contributed by atoms with E-state index in [2.05, 4.69) is 21.0 Å². The van der Waals surface area contributed by atoms with Crippen molar-refractivity contribution in [3.63, 3.8) is 0 Å². The molecule has 1 aromatic carbocycles. The highest BCUT2D eigenvalue weighted by molar-refractivity contribution is 7.98. The van der Waals surface area contributed by atoms with Gasteiger partial charge in [0.15, 0.2) is 5.16 Å². The van der Waals surface area contributed by atoms with Crippen LogP contribution in [0.5, 0.6) is 5.75 Å². The summed E-state index contributed by atoms with van der Waals surface area (Å²) in [6.07, 6.45) is 1.63. The second-order valence-electron chi connectivity index (χ2n) is 4.34. The molecule has 3 aromatic rings. The number of benzene rings is 1. The molecular formula is C15H12N4OS. The third kappa shape index (κ3) is 2.83. The number of pyridine rings is 1. The van der Waals surface area contributed by atoms with Gasteiger partial charge in [-0.1, -0.05) is 17.8 Å². The first-order valence-corrected chi connectivity index (χ1v) is 7.29. The van der Waals surface area contributed by atoms with Gasteiger partial charge < -0.3 is 9.72 Å². The van der Waals surface area contributed by atoms with Gasteiger partial charge >= 0.3 is 0 Å². The number of fused-ring (bicyclic) bond motifs is 1. The van der Waals surface area contributed by atoms with Gasteiger partial charge in [-0.05, 0) is 23.8 Å². The highest BCUT2D eigenvalue weighted by atomic mass is 32.2. The standard InChI is InChI=1S/C15H12N4OS/c1-20-11-4-5-12-13(7-11)19-15(18-12)21-9-10-3-2-6-17-14(10)8-16/h2-7H,9H2,1H3,(H,18,19). The van der Waals surface area contributed by atoms with Crippen LogP contribution in [-0.4, -0.2) is 22.1 Å². The molecule has 0 saturated heterocycles. The van der Waals surface area contributed by atoms with Gasteiger partial charge in [-0.15, -0.1) is 0 Å². The van der Waals surface area contributed by atoms with E-state index in [1.807, 2.05) is 30.3 Å². The van der Waals surface area contributed by atoms with Crippen LogP contribution < -0.4 is 4.74 Å². The lowest BCUT2D eigenvalue weighted by Gasteiger charge is -2.00. The summed E-state index contributed by atoms with van der Waals surface area (Å²) >= 11 is 1.54. The van der Waals surface area contributed by atoms with Crippen LogP contribution in [-0.2, 0) is 5.75 Å². The predicted octanol–water partition coefficient (Wildman–Crippen LogP) is 3.13. The van der Waals surface area contributed by atoms with Crippen molar-refractivity contribution in [2.75, 3.05) is 7.11 Å². The third-order valence-electron chi connectivity index (χ3n) is 3.03. The summed E-state index contributed by atoms with van der Waals surface area (Å²) in [6, 6.07) is 11.6. The molecule has 0 amide bonds. The molecule has 0 aliphatic rings. The Hall–Kier alpha value is -2.52. The Kier molecular flexibility index (Phi) is 3.75. The summed E-state index contributed by atoms with van der Waals surface area (Å²) in [7, 11) is 1.64. The van der Waals surface area contributed by atoms with Gasteiger partial charge in [-0.2, -0.15) is 5.26 Å². The fraction of sp³-hybridized carbons (Fsp3) is 0.133. The highest BCUT2D eigenvalue weighted by Crippen LogP contribution is 2.25. The number of H-pyrrole nitrogens is 1. The lowest BCUT2D eigenvalue weighted by Crippen LogP contribution is -1.90. The molecule has 6 heteroatoms. The fourth-order valence-electron chi connectivity index (χ4n) is 1.96. The molecule has 2 aromatic heterocycles. The van der Waals surface area contributed by atoms with Gasteiger partial charge in [0, 0.05) is 18.0 Å². The lowest BCUT2D eigenvalue weighted by atomic mass is 10.2. The minimum Gasteiger partial charge on any atom is -0.497 e. The number of methoxy groups -OCH3 is 1. The van der Waals surface area contributed by atoms with E-state index in [1.165, 1.54) is 0 Å². The number of ether oxygens (including phenoxy) is 1. The molecule has 3 rings (SSSR count). The Labute approximate surface area is 126 Å². The van der Waals surface area contributed by atoms with Crippen molar-refractivity contribution in [2.24, 2.45) is 0 Å². The number of hydrogen-bond donors (Lipinski definition) is 1. The van der Waals surface area contributed by atoms with E-state index >= 15 is 0 Å². The zero-order valence-corrected chi connectivity index (χ0v) is 12.1. The number of imidazole rings is 1. The number of aromatic nitrogens is 3. The second-order valence-corrected chi connectivity index (χ2v) is 5.30. The molecule has 0 fully saturated rings. The maximum absolute atomic E-state index is 9.03. The Bertz CT molecular complexity index is 822. The molecule has 0 atom stereocenters. The normalized spacial score (nSPS) is 10.5. The van der Waals surface area contributed by atoms with Crippen molar-refractivity contribution < 1.29 is 4.74 Å². The summed E-state index contributed by atoms with van der Waals surface area (Å²) < 4.78 is 5.19. The molecule has 0 spiro atoms. The van der Waals surface area contributed by atoms with Gasteiger partial charge in [-0.25, -0.2) is 9.97 Å². The molecule has 21 heavy (non-hydrogen) atoms. The van der Waals surface area contributed by atoms with Crippen molar-refractivity contribution >= 4 is 22.8 Å². The zero-order valence-electron chi connectivity index (χ0n) is 11.3. The Morgan fingerprint density at radius 2 is 2.29 bits per heavy atom. The minimum absolute atomic E-state index is 0.461. The molecule has 0 bridgehead atoms. The SMILES string of the molecule is COc1ccc2nc(SCc3cccnc3C#N)[nH]c2c1. The largest absolute Gasteiger partial charge is 0.497 e. The molecule has 1 N–H and O–H groups in total. The van der Waals surface area contributed by atoms with Crippen molar-refractivity contribution in [3.8, 4) is 11.8 Å². The third-order valence-corrected chi connectivity index (χ3v) is 3.95. The molecule has 0 aliphatic heterocycles. The van der Waals surface area contributed by atoms with Gasteiger partial charge in [0.2, 0.25) is 0 Å². The molecule has 104 valence electrons. The van der Waals surface area contributed by atoms with Crippen LogP contribution in [0.4, 0.5) is 0 Å². The second kappa shape index (κ2) is 5.85. The van der Waals surface area contributed by atoms with Crippen LogP contribution in [0.25, 0.3) is 11.0 Å². The van der Waals surface area contributed by atoms with E-state index < -0.39 is 0 Å². The van der Waals surface area contributed by atoms with Crippen LogP contribution in [0.2, 0.25) is 0 Å². The van der Waals surface area contributed by atoms with E-state index in [1.54, 1.807) is 25.1 Å². The smallest absolute Gasteiger partial charge is 0.166 e. The summed E-state index contributed by atoms with van der Waals surface area (Å²) in [4.78, 5) is 11.8. The van der Waals surface area contributed by atoms with Crippen LogP contribution >= 0.6 is 11.8 Å². The van der Waals surface area contributed by atoms with Crippen molar-refractivity contribution in [3.05, 3.63) is 47.8 Å². The van der Waals surface area contributed by atoms with Gasteiger partial charge in [0.05, 0.1) is 18.1 Å². The zero-order chi connectivity index (χ0) is 14.7. The average Bonchev–Trinajstić information content (AvgIpc) is 2.94. The number of thioether (sulfide) groups is 1. The van der Waals surface area contributed by atoms with Gasteiger partial charge in [0.25, 0.3) is 0 Å². The minimum atomic E-state index is 0.461. The molecule has 2 heterocycles. The predicted molar refractivity (Wildman–Crippen MR) is 81.2 cm³/mol. The van der Waals surface area contributed by atoms with Crippen LogP contribution in [0.1, 0.15) is 11.3 Å². The van der Waals surface area contributed by atoms with Gasteiger partial charge in [0.1, 0.15) is 17.5 Å². The number of nitrogens with zero attached hydrogens (tertiary/aromatic N) is 3. The monoisotopic (exact) mass is 296 g/mol. The van der Waals surface area contributed by atoms with Gasteiger partial charge in [-0.3, -0.25) is 0 Å². The first kappa shape index (κ1) is 13.5. The highest BCUT2D eigenvalue weighted by Gasteiger charge is 2.07. The number of hydrogen-bond acceptors (Lipinski definition) is 5. The quantitative estimate of drug-likeness (QED) is 0.749. The van der Waals surface area contributed by atoms with Crippen molar-refractivity contribution in [1.29, 1.82) is 5.26 Å². The van der Waals surface area contributed by atoms with E-state index in [4.69, 9.17) is 10.00 Å². The maximum atomic E-state index is 9.03. The van der Waals surface area contributed by atoms with Crippen molar-refractivity contribution in [2.45, 2.75) is 10.9 Å². The number of nitriles is 1. The number of aromatic amines is 1. The van der Waals surface area contributed by atoms with E-state index in [0.29, 0.717) is 11.4 Å².